The maximum atomic E-state index is 10.9. The van der Waals surface area contributed by atoms with Gasteiger partial charge in [-0.25, -0.2) is 0 Å². The Morgan fingerprint density at radius 2 is 0.880 bits per heavy atom. The van der Waals surface area contributed by atoms with Gasteiger partial charge in [0.2, 0.25) is 0 Å². The normalized spacial score (nSPS) is 10.5. The molecule has 0 aromatic rings. The quantitative estimate of drug-likeness (QED) is 0.502. The molecule has 25 heavy (non-hydrogen) atoms. The van der Waals surface area contributed by atoms with Gasteiger partial charge in [0.05, 0.1) is 25.7 Å². The van der Waals surface area contributed by atoms with E-state index in [0.717, 1.165) is 0 Å². The van der Waals surface area contributed by atoms with E-state index in [1.807, 2.05) is 0 Å². The summed E-state index contributed by atoms with van der Waals surface area (Å²) in [6.45, 7) is 10.5. The smallest absolute Gasteiger partial charge is 0.306 e. The summed E-state index contributed by atoms with van der Waals surface area (Å²) in [4.78, 5) is 41.9. The number of hydrogen-bond donors (Lipinski definition) is 2. The van der Waals surface area contributed by atoms with Crippen LogP contribution in [0.1, 0.15) is 67.2 Å². The number of esters is 2. The Labute approximate surface area is 161 Å². The van der Waals surface area contributed by atoms with Crippen LogP contribution in [0.15, 0.2) is 0 Å². The second-order valence-electron chi connectivity index (χ2n) is 6.96. The number of carboxylic acid groups (broad SMARTS) is 2. The van der Waals surface area contributed by atoms with E-state index >= 15 is 0 Å². The first-order chi connectivity index (χ1) is 10.6. The number of carbonyl (C=O) groups is 4. The minimum Gasteiger partial charge on any atom is -0.481 e. The molecule has 0 rings (SSSR count). The van der Waals surface area contributed by atoms with Gasteiger partial charge in [0.25, 0.3) is 0 Å². The van der Waals surface area contributed by atoms with Gasteiger partial charge in [-0.3, -0.25) is 19.2 Å². The van der Waals surface area contributed by atoms with Gasteiger partial charge in [-0.1, -0.05) is 0 Å². The standard InChI is InChI=1S/2C8H14O4.Zn/c2*1-8(2,3)12-7(11)5-4-6(9)10;/h2*4-5H2,1-3H3,(H,9,10);. The van der Waals surface area contributed by atoms with Crippen molar-refractivity contribution in [3.63, 3.8) is 0 Å². The van der Waals surface area contributed by atoms with E-state index in [1.54, 1.807) is 41.5 Å². The molecule has 0 bridgehead atoms. The summed E-state index contributed by atoms with van der Waals surface area (Å²) < 4.78 is 9.77. The van der Waals surface area contributed by atoms with Crippen LogP contribution in [-0.4, -0.2) is 45.3 Å². The number of aliphatic carboxylic acids is 2. The van der Waals surface area contributed by atoms with E-state index in [-0.39, 0.29) is 45.2 Å². The summed E-state index contributed by atoms with van der Waals surface area (Å²) >= 11 is 0. The van der Waals surface area contributed by atoms with Crippen molar-refractivity contribution in [2.45, 2.75) is 78.4 Å². The number of rotatable bonds is 6. The molecule has 0 fully saturated rings. The molecule has 0 saturated carbocycles. The van der Waals surface area contributed by atoms with Gasteiger partial charge < -0.3 is 19.7 Å². The molecule has 0 aromatic carbocycles. The molecule has 0 aliphatic heterocycles. The number of hydrogen-bond acceptors (Lipinski definition) is 6. The first-order valence-electron chi connectivity index (χ1n) is 7.49. The Balaban J connectivity index is -0.000000372. The molecule has 0 amide bonds. The molecule has 0 aromatic heterocycles. The molecule has 0 heterocycles. The van der Waals surface area contributed by atoms with Crippen molar-refractivity contribution in [2.75, 3.05) is 0 Å². The predicted octanol–water partition coefficient (Wildman–Crippen LogP) is 2.38. The topological polar surface area (TPSA) is 127 Å². The summed E-state index contributed by atoms with van der Waals surface area (Å²) in [5, 5.41) is 16.5. The van der Waals surface area contributed by atoms with E-state index in [0.29, 0.717) is 0 Å². The minimum absolute atomic E-state index is 0. The monoisotopic (exact) mass is 412 g/mol. The fourth-order valence-corrected chi connectivity index (χ4v) is 1.20. The van der Waals surface area contributed by atoms with Crippen molar-refractivity contribution in [3.8, 4) is 0 Å². The molecular formula is C16H28O8Zn. The Morgan fingerprint density at radius 1 is 0.640 bits per heavy atom. The summed E-state index contributed by atoms with van der Waals surface area (Å²) in [7, 11) is 0. The Bertz CT molecular complexity index is 404. The van der Waals surface area contributed by atoms with Crippen molar-refractivity contribution >= 4 is 23.9 Å². The van der Waals surface area contributed by atoms with Crippen molar-refractivity contribution < 1.29 is 58.3 Å². The maximum Gasteiger partial charge on any atom is 0.306 e. The Morgan fingerprint density at radius 3 is 1.04 bits per heavy atom. The van der Waals surface area contributed by atoms with Crippen LogP contribution in [0.5, 0.6) is 0 Å². The van der Waals surface area contributed by atoms with Gasteiger partial charge in [-0.15, -0.1) is 0 Å². The van der Waals surface area contributed by atoms with E-state index in [2.05, 4.69) is 0 Å². The van der Waals surface area contributed by atoms with Gasteiger partial charge in [0, 0.05) is 19.5 Å². The van der Waals surface area contributed by atoms with Gasteiger partial charge in [0.1, 0.15) is 11.2 Å². The molecule has 0 atom stereocenters. The SMILES string of the molecule is CC(C)(C)OC(=O)CCC(=O)O.CC(C)(C)OC(=O)CCC(=O)O.[Zn]. The molecule has 8 nitrogen and oxygen atoms in total. The second kappa shape index (κ2) is 12.8. The maximum absolute atomic E-state index is 10.9. The third-order valence-electron chi connectivity index (χ3n) is 1.93. The minimum atomic E-state index is -0.985. The van der Waals surface area contributed by atoms with Crippen molar-refractivity contribution in [1.29, 1.82) is 0 Å². The fourth-order valence-electron chi connectivity index (χ4n) is 1.20. The average molecular weight is 414 g/mol. The van der Waals surface area contributed by atoms with Crippen LogP contribution < -0.4 is 0 Å². The van der Waals surface area contributed by atoms with E-state index in [9.17, 15) is 19.2 Å². The van der Waals surface area contributed by atoms with Gasteiger partial charge in [0.15, 0.2) is 0 Å². The average Bonchev–Trinajstić information content (AvgIpc) is 2.30. The predicted molar refractivity (Wildman–Crippen MR) is 85.4 cm³/mol. The largest absolute Gasteiger partial charge is 0.481 e. The van der Waals surface area contributed by atoms with Gasteiger partial charge in [-0.2, -0.15) is 0 Å². The molecule has 0 saturated heterocycles. The molecule has 0 aliphatic rings. The number of carboxylic acids is 2. The van der Waals surface area contributed by atoms with Crippen LogP contribution in [0, 0.1) is 0 Å². The molecule has 0 aliphatic carbocycles. The molecule has 9 heteroatoms. The summed E-state index contributed by atoms with van der Waals surface area (Å²) in [6.07, 6.45) is -0.469. The van der Waals surface area contributed by atoms with Crippen LogP contribution in [0.25, 0.3) is 0 Å². The van der Waals surface area contributed by atoms with E-state index in [4.69, 9.17) is 19.7 Å². The van der Waals surface area contributed by atoms with Crippen molar-refractivity contribution in [3.05, 3.63) is 0 Å². The van der Waals surface area contributed by atoms with Crippen LogP contribution in [0.3, 0.4) is 0 Å². The fraction of sp³-hybridized carbons (Fsp3) is 0.750. The zero-order valence-electron chi connectivity index (χ0n) is 15.9. The number of carbonyl (C=O) groups excluding carboxylic acids is 2. The van der Waals surface area contributed by atoms with Crippen LogP contribution in [-0.2, 0) is 48.1 Å². The van der Waals surface area contributed by atoms with Crippen LogP contribution in [0.2, 0.25) is 0 Å². The zero-order valence-corrected chi connectivity index (χ0v) is 18.8. The third-order valence-corrected chi connectivity index (χ3v) is 1.93. The first-order valence-corrected chi connectivity index (χ1v) is 7.49. The molecular weight excluding hydrogens is 386 g/mol. The summed E-state index contributed by atoms with van der Waals surface area (Å²) in [6, 6.07) is 0. The van der Waals surface area contributed by atoms with E-state index in [1.165, 1.54) is 0 Å². The van der Waals surface area contributed by atoms with Gasteiger partial charge in [-0.05, 0) is 41.5 Å². The molecule has 0 unspecified atom stereocenters. The molecule has 142 valence electrons. The molecule has 0 spiro atoms. The number of ether oxygens (including phenoxy) is 2. The van der Waals surface area contributed by atoms with E-state index < -0.39 is 35.1 Å². The second-order valence-corrected chi connectivity index (χ2v) is 6.96. The van der Waals surface area contributed by atoms with Crippen molar-refractivity contribution in [2.24, 2.45) is 0 Å². The van der Waals surface area contributed by atoms with Crippen LogP contribution >= 0.6 is 0 Å². The summed E-state index contributed by atoms with van der Waals surface area (Å²) in [5.74, 6) is -2.91. The zero-order chi connectivity index (χ0) is 19.6. The molecule has 2 N–H and O–H groups in total. The summed E-state index contributed by atoms with van der Waals surface area (Å²) in [5.41, 5.74) is -1.06. The Hall–Kier alpha value is -1.50. The van der Waals surface area contributed by atoms with Gasteiger partial charge >= 0.3 is 23.9 Å². The first kappa shape index (κ1) is 28.3. The third kappa shape index (κ3) is 27.6. The Kier molecular flexibility index (Phi) is 14.5. The van der Waals surface area contributed by atoms with Crippen molar-refractivity contribution in [1.82, 2.24) is 0 Å². The van der Waals surface area contributed by atoms with Crippen LogP contribution in [0.4, 0.5) is 0 Å². The molecule has 0 radical (unpaired) electrons.